The Bertz CT molecular complexity index is 795. The van der Waals surface area contributed by atoms with E-state index in [1.807, 2.05) is 0 Å². The first-order valence-electron chi connectivity index (χ1n) is 7.88. The fourth-order valence-electron chi connectivity index (χ4n) is 2.14. The van der Waals surface area contributed by atoms with Crippen LogP contribution in [0.5, 0.6) is 0 Å². The molecule has 0 aliphatic carbocycles. The molecule has 3 N–H and O–H groups in total. The van der Waals surface area contributed by atoms with E-state index in [-0.39, 0.29) is 16.9 Å². The van der Waals surface area contributed by atoms with Crippen LogP contribution in [0.25, 0.3) is 0 Å². The number of sulfonamides is 1. The van der Waals surface area contributed by atoms with Gasteiger partial charge in [-0.2, -0.15) is 0 Å². The number of hydrogen-bond acceptors (Lipinski definition) is 5. The molecular formula is C16H21N5O2S2. The first kappa shape index (κ1) is 19.1. The number of benzene rings is 1. The van der Waals surface area contributed by atoms with Crippen molar-refractivity contribution in [3.05, 3.63) is 42.7 Å². The maximum atomic E-state index is 12.3. The highest BCUT2D eigenvalue weighted by Gasteiger charge is 2.15. The van der Waals surface area contributed by atoms with E-state index >= 15 is 0 Å². The highest BCUT2D eigenvalue weighted by Crippen LogP contribution is 2.16. The number of thiocarbonyl (C=S) groups is 1. The Morgan fingerprint density at radius 2 is 1.84 bits per heavy atom. The van der Waals surface area contributed by atoms with Crippen LogP contribution in [0.3, 0.4) is 0 Å². The summed E-state index contributed by atoms with van der Waals surface area (Å²) in [4.78, 5) is 7.81. The van der Waals surface area contributed by atoms with Crippen molar-refractivity contribution in [1.29, 1.82) is 0 Å². The van der Waals surface area contributed by atoms with E-state index < -0.39 is 10.0 Å². The molecule has 1 aromatic carbocycles. The summed E-state index contributed by atoms with van der Waals surface area (Å²) in [6, 6.07) is 8.17. The van der Waals surface area contributed by atoms with Crippen LogP contribution in [0.2, 0.25) is 0 Å². The molecule has 7 nitrogen and oxygen atoms in total. The first-order chi connectivity index (χ1) is 11.9. The number of nitrogens with zero attached hydrogens (tertiary/aromatic N) is 2. The van der Waals surface area contributed by atoms with Crippen LogP contribution in [-0.2, 0) is 10.0 Å². The van der Waals surface area contributed by atoms with Crippen molar-refractivity contribution in [2.24, 2.45) is 0 Å². The van der Waals surface area contributed by atoms with Crippen LogP contribution < -0.4 is 15.4 Å². The predicted octanol–water partition coefficient (Wildman–Crippen LogP) is 2.75. The van der Waals surface area contributed by atoms with Crippen LogP contribution in [0.15, 0.2) is 47.6 Å². The van der Waals surface area contributed by atoms with Gasteiger partial charge in [0.15, 0.2) is 5.11 Å². The van der Waals surface area contributed by atoms with Crippen molar-refractivity contribution in [1.82, 2.24) is 15.3 Å². The minimum absolute atomic E-state index is 0.0278. The van der Waals surface area contributed by atoms with Gasteiger partial charge in [-0.3, -0.25) is 0 Å². The van der Waals surface area contributed by atoms with E-state index in [9.17, 15) is 8.42 Å². The normalized spacial score (nSPS) is 12.2. The molecule has 1 atom stereocenters. The van der Waals surface area contributed by atoms with Crippen molar-refractivity contribution in [2.75, 3.05) is 10.0 Å². The molecule has 25 heavy (non-hydrogen) atoms. The third-order valence-corrected chi connectivity index (χ3v) is 4.88. The number of anilines is 2. The molecule has 1 aromatic heterocycles. The van der Waals surface area contributed by atoms with E-state index in [2.05, 4.69) is 39.2 Å². The molecule has 2 aromatic rings. The van der Waals surface area contributed by atoms with Crippen LogP contribution in [0, 0.1) is 0 Å². The lowest BCUT2D eigenvalue weighted by Crippen LogP contribution is -2.35. The summed E-state index contributed by atoms with van der Waals surface area (Å²) in [6.45, 7) is 4.17. The topological polar surface area (TPSA) is 96.0 Å². The Labute approximate surface area is 153 Å². The van der Waals surface area contributed by atoms with Crippen molar-refractivity contribution < 1.29 is 8.42 Å². The molecule has 9 heteroatoms. The second-order valence-corrected chi connectivity index (χ2v) is 7.58. The molecular weight excluding hydrogens is 358 g/mol. The van der Waals surface area contributed by atoms with Gasteiger partial charge in [-0.25, -0.2) is 23.1 Å². The molecule has 0 spiro atoms. The standard InChI is InChI=1S/C16H21N5O2S2/c1-3-5-12(2)19-16(24)20-13-6-8-14(9-7-13)25(22,23)21-15-17-10-4-11-18-15/h4,6-12H,3,5H2,1-2H3,(H,17,18,21)(H2,19,20,24). The molecule has 0 saturated heterocycles. The highest BCUT2D eigenvalue weighted by molar-refractivity contribution is 7.92. The third-order valence-electron chi connectivity index (χ3n) is 3.31. The Hall–Kier alpha value is -2.26. The minimum Gasteiger partial charge on any atom is -0.360 e. The van der Waals surface area contributed by atoms with Gasteiger partial charge in [0.25, 0.3) is 10.0 Å². The monoisotopic (exact) mass is 379 g/mol. The van der Waals surface area contributed by atoms with E-state index in [0.717, 1.165) is 12.8 Å². The molecule has 0 bridgehead atoms. The lowest BCUT2D eigenvalue weighted by molar-refractivity contribution is 0.599. The molecule has 0 aliphatic heterocycles. The molecule has 0 fully saturated rings. The highest BCUT2D eigenvalue weighted by atomic mass is 32.2. The van der Waals surface area contributed by atoms with Crippen LogP contribution in [0.1, 0.15) is 26.7 Å². The van der Waals surface area contributed by atoms with Gasteiger partial charge in [-0.1, -0.05) is 13.3 Å². The Morgan fingerprint density at radius 3 is 2.44 bits per heavy atom. The van der Waals surface area contributed by atoms with Gasteiger partial charge in [-0.05, 0) is 55.9 Å². The summed E-state index contributed by atoms with van der Waals surface area (Å²) in [5.41, 5.74) is 0.705. The zero-order valence-electron chi connectivity index (χ0n) is 14.1. The third kappa shape index (κ3) is 5.95. The molecule has 1 heterocycles. The van der Waals surface area contributed by atoms with Gasteiger partial charge >= 0.3 is 0 Å². The van der Waals surface area contributed by atoms with Crippen molar-refractivity contribution in [3.63, 3.8) is 0 Å². The lowest BCUT2D eigenvalue weighted by atomic mass is 10.2. The summed E-state index contributed by atoms with van der Waals surface area (Å²) in [5.74, 6) is 0.0278. The summed E-state index contributed by atoms with van der Waals surface area (Å²) in [7, 11) is -3.74. The van der Waals surface area contributed by atoms with Gasteiger partial charge in [0.2, 0.25) is 5.95 Å². The van der Waals surface area contributed by atoms with Gasteiger partial charge in [-0.15, -0.1) is 0 Å². The number of hydrogen-bond donors (Lipinski definition) is 3. The van der Waals surface area contributed by atoms with Crippen molar-refractivity contribution in [2.45, 2.75) is 37.6 Å². The fraction of sp³-hybridized carbons (Fsp3) is 0.312. The average Bonchev–Trinajstić information content (AvgIpc) is 2.56. The van der Waals surface area contributed by atoms with E-state index in [1.165, 1.54) is 24.5 Å². The first-order valence-corrected chi connectivity index (χ1v) is 9.77. The lowest BCUT2D eigenvalue weighted by Gasteiger charge is -2.16. The molecule has 0 radical (unpaired) electrons. The zero-order valence-corrected chi connectivity index (χ0v) is 15.7. The van der Waals surface area contributed by atoms with Crippen LogP contribution in [0.4, 0.5) is 11.6 Å². The SMILES string of the molecule is CCCC(C)NC(=S)Nc1ccc(S(=O)(=O)Nc2ncccn2)cc1. The zero-order chi connectivity index (χ0) is 18.3. The van der Waals surface area contributed by atoms with E-state index in [0.29, 0.717) is 10.8 Å². The second-order valence-electron chi connectivity index (χ2n) is 5.49. The molecule has 134 valence electrons. The summed E-state index contributed by atoms with van der Waals surface area (Å²) in [6.07, 6.45) is 5.02. The Balaban J connectivity index is 2.00. The summed E-state index contributed by atoms with van der Waals surface area (Å²) in [5, 5.41) is 6.73. The smallest absolute Gasteiger partial charge is 0.264 e. The largest absolute Gasteiger partial charge is 0.360 e. The number of rotatable bonds is 7. The molecule has 0 saturated carbocycles. The van der Waals surface area contributed by atoms with Gasteiger partial charge in [0, 0.05) is 24.1 Å². The van der Waals surface area contributed by atoms with Gasteiger partial charge in [0.05, 0.1) is 4.90 Å². The second kappa shape index (κ2) is 8.72. The predicted molar refractivity (Wildman–Crippen MR) is 103 cm³/mol. The minimum atomic E-state index is -3.74. The number of nitrogens with one attached hydrogen (secondary N) is 3. The molecule has 2 rings (SSSR count). The number of aromatic nitrogens is 2. The van der Waals surface area contributed by atoms with Crippen molar-refractivity contribution in [3.8, 4) is 0 Å². The fourth-order valence-corrected chi connectivity index (χ4v) is 3.42. The van der Waals surface area contributed by atoms with Gasteiger partial charge < -0.3 is 10.6 Å². The summed E-state index contributed by atoms with van der Waals surface area (Å²) >= 11 is 5.25. The molecule has 0 amide bonds. The van der Waals surface area contributed by atoms with Crippen LogP contribution in [-0.4, -0.2) is 29.5 Å². The Kier molecular flexibility index (Phi) is 6.65. The molecule has 0 aliphatic rings. The maximum absolute atomic E-state index is 12.3. The van der Waals surface area contributed by atoms with Crippen LogP contribution >= 0.6 is 12.2 Å². The van der Waals surface area contributed by atoms with Gasteiger partial charge in [0.1, 0.15) is 0 Å². The average molecular weight is 380 g/mol. The summed E-state index contributed by atoms with van der Waals surface area (Å²) < 4.78 is 26.9. The van der Waals surface area contributed by atoms with E-state index in [4.69, 9.17) is 12.2 Å². The van der Waals surface area contributed by atoms with Crippen molar-refractivity contribution >= 4 is 39.0 Å². The molecule has 1 unspecified atom stereocenters. The maximum Gasteiger partial charge on any atom is 0.264 e. The Morgan fingerprint density at radius 1 is 1.20 bits per heavy atom. The van der Waals surface area contributed by atoms with E-state index in [1.54, 1.807) is 18.2 Å². The quantitative estimate of drug-likeness (QED) is 0.637.